The van der Waals surface area contributed by atoms with E-state index in [-0.39, 0.29) is 12.0 Å². The van der Waals surface area contributed by atoms with Gasteiger partial charge in [0, 0.05) is 28.0 Å². The third kappa shape index (κ3) is 2.15. The fraction of sp³-hybridized carbons (Fsp3) is 0.154. The van der Waals surface area contributed by atoms with Crippen LogP contribution in [0.4, 0.5) is 0 Å². The molecule has 0 N–H and O–H groups in total. The van der Waals surface area contributed by atoms with Crippen LogP contribution in [0.15, 0.2) is 78.9 Å². The molecule has 0 amide bonds. The number of fused-ring (bicyclic) bond motifs is 6. The Bertz CT molecular complexity index is 1320. The molecule has 4 aromatic rings. The van der Waals surface area contributed by atoms with Gasteiger partial charge in [0.2, 0.25) is 0 Å². The van der Waals surface area contributed by atoms with Gasteiger partial charge in [-0.25, -0.2) is 0 Å². The molecule has 0 fully saturated rings. The van der Waals surface area contributed by atoms with Gasteiger partial charge in [-0.05, 0) is 56.3 Å². The van der Waals surface area contributed by atoms with E-state index >= 15 is 0 Å². The maximum absolute atomic E-state index is 6.18. The summed E-state index contributed by atoms with van der Waals surface area (Å²) >= 11 is 0. The smallest absolute Gasteiger partial charge is 0.128 e. The molecule has 1 aromatic heterocycles. The van der Waals surface area contributed by atoms with Crippen molar-refractivity contribution in [2.75, 3.05) is 0 Å². The molecule has 1 aliphatic carbocycles. The Morgan fingerprint density at radius 1 is 0.821 bits per heavy atom. The average Bonchev–Trinajstić information content (AvgIpc) is 3.22. The summed E-state index contributed by atoms with van der Waals surface area (Å²) in [5, 5.41) is 2.61. The van der Waals surface area contributed by atoms with Crippen molar-refractivity contribution in [2.24, 2.45) is 0 Å². The highest BCUT2D eigenvalue weighted by Gasteiger charge is 2.33. The van der Waals surface area contributed by atoms with Gasteiger partial charge < -0.3 is 9.30 Å². The van der Waals surface area contributed by atoms with Gasteiger partial charge in [0.1, 0.15) is 11.9 Å². The number of hydrogen-bond acceptors (Lipinski definition) is 1. The van der Waals surface area contributed by atoms with E-state index in [1.54, 1.807) is 0 Å². The molecule has 0 bridgehead atoms. The van der Waals surface area contributed by atoms with Crippen LogP contribution in [0.25, 0.3) is 27.5 Å². The highest BCUT2D eigenvalue weighted by molar-refractivity contribution is 6.10. The van der Waals surface area contributed by atoms with Crippen molar-refractivity contribution in [1.29, 1.82) is 0 Å². The van der Waals surface area contributed by atoms with Crippen LogP contribution >= 0.6 is 0 Å². The molecular formula is C26H21NO. The normalized spacial score (nSPS) is 20.1. The molecule has 0 saturated carbocycles. The number of hydrogen-bond donors (Lipinski definition) is 0. The minimum atomic E-state index is 0.0934. The molecule has 1 aliphatic heterocycles. The molecule has 2 aliphatic rings. The van der Waals surface area contributed by atoms with E-state index in [9.17, 15) is 0 Å². The van der Waals surface area contributed by atoms with Crippen LogP contribution < -0.4 is 4.74 Å². The number of aromatic nitrogens is 1. The highest BCUT2D eigenvalue weighted by Crippen LogP contribution is 2.44. The molecule has 2 unspecified atom stereocenters. The summed E-state index contributed by atoms with van der Waals surface area (Å²) in [5.74, 6) is 1.28. The van der Waals surface area contributed by atoms with Crippen molar-refractivity contribution in [2.45, 2.75) is 25.9 Å². The zero-order valence-electron chi connectivity index (χ0n) is 16.0. The van der Waals surface area contributed by atoms with Gasteiger partial charge >= 0.3 is 0 Å². The molecule has 0 spiro atoms. The number of allylic oxidation sites excluding steroid dienone is 2. The Morgan fingerprint density at radius 3 is 2.54 bits per heavy atom. The number of ether oxygens (including phenoxy) is 1. The van der Waals surface area contributed by atoms with Crippen molar-refractivity contribution in [3.8, 4) is 5.75 Å². The van der Waals surface area contributed by atoms with E-state index in [4.69, 9.17) is 4.74 Å². The first-order valence-electron chi connectivity index (χ1n) is 9.86. The Labute approximate surface area is 164 Å². The number of nitrogens with zero attached hydrogens (tertiary/aromatic N) is 1. The average molecular weight is 363 g/mol. The van der Waals surface area contributed by atoms with Gasteiger partial charge in [0.15, 0.2) is 0 Å². The van der Waals surface area contributed by atoms with Crippen LogP contribution in [0.3, 0.4) is 0 Å². The fourth-order valence-electron chi connectivity index (χ4n) is 4.72. The lowest BCUT2D eigenvalue weighted by atomic mass is 9.90. The highest BCUT2D eigenvalue weighted by atomic mass is 16.5. The van der Waals surface area contributed by atoms with Crippen molar-refractivity contribution >= 4 is 27.5 Å². The fourth-order valence-corrected chi connectivity index (χ4v) is 4.72. The van der Waals surface area contributed by atoms with E-state index in [1.807, 2.05) is 0 Å². The van der Waals surface area contributed by atoms with Crippen LogP contribution in [0, 0.1) is 13.8 Å². The van der Waals surface area contributed by atoms with E-state index in [0.717, 1.165) is 5.75 Å². The van der Waals surface area contributed by atoms with E-state index < -0.39 is 0 Å². The summed E-state index contributed by atoms with van der Waals surface area (Å²) in [6, 6.07) is 21.9. The molecule has 3 aromatic carbocycles. The van der Waals surface area contributed by atoms with Gasteiger partial charge in [0.05, 0.1) is 11.0 Å². The maximum atomic E-state index is 6.18. The Morgan fingerprint density at radius 2 is 1.61 bits per heavy atom. The molecule has 2 atom stereocenters. The van der Waals surface area contributed by atoms with Gasteiger partial charge in [0.25, 0.3) is 0 Å². The third-order valence-electron chi connectivity index (χ3n) is 6.03. The SMILES string of the molecule is Cc1ccc2c(c1)C1C=C(n3c4ccccc4c4cc(C)ccc43)C=CC1O2. The van der Waals surface area contributed by atoms with Gasteiger partial charge in [-0.15, -0.1) is 0 Å². The summed E-state index contributed by atoms with van der Waals surface area (Å²) in [4.78, 5) is 0. The first-order chi connectivity index (χ1) is 13.7. The number of benzene rings is 3. The lowest BCUT2D eigenvalue weighted by Crippen LogP contribution is -2.18. The molecule has 136 valence electrons. The molecule has 28 heavy (non-hydrogen) atoms. The Kier molecular flexibility index (Phi) is 3.16. The predicted molar refractivity (Wildman–Crippen MR) is 116 cm³/mol. The summed E-state index contributed by atoms with van der Waals surface area (Å²) < 4.78 is 8.58. The predicted octanol–water partition coefficient (Wildman–Crippen LogP) is 6.37. The molecular weight excluding hydrogens is 342 g/mol. The van der Waals surface area contributed by atoms with Gasteiger partial charge in [-0.1, -0.05) is 47.5 Å². The van der Waals surface area contributed by atoms with Crippen LogP contribution in [0.1, 0.15) is 22.6 Å². The van der Waals surface area contributed by atoms with Crippen LogP contribution in [-0.4, -0.2) is 10.7 Å². The minimum absolute atomic E-state index is 0.0934. The van der Waals surface area contributed by atoms with Crippen LogP contribution in [0.5, 0.6) is 5.75 Å². The second-order valence-corrected chi connectivity index (χ2v) is 7.97. The third-order valence-corrected chi connectivity index (χ3v) is 6.03. The molecule has 6 rings (SSSR count). The zero-order valence-corrected chi connectivity index (χ0v) is 16.0. The monoisotopic (exact) mass is 363 g/mol. The summed E-state index contributed by atoms with van der Waals surface area (Å²) in [7, 11) is 0. The number of aryl methyl sites for hydroxylation is 2. The molecule has 2 nitrogen and oxygen atoms in total. The van der Waals surface area contributed by atoms with E-state index in [2.05, 4.69) is 97.3 Å². The van der Waals surface area contributed by atoms with Crippen molar-refractivity contribution in [1.82, 2.24) is 4.57 Å². The Balaban J connectivity index is 1.60. The largest absolute Gasteiger partial charge is 0.485 e. The second-order valence-electron chi connectivity index (χ2n) is 7.97. The number of para-hydroxylation sites is 1. The summed E-state index contributed by atoms with van der Waals surface area (Å²) in [6.07, 6.45) is 6.90. The van der Waals surface area contributed by atoms with E-state index in [0.29, 0.717) is 0 Å². The molecule has 2 heteroatoms. The quantitative estimate of drug-likeness (QED) is 0.383. The zero-order chi connectivity index (χ0) is 18.8. The van der Waals surface area contributed by atoms with Crippen LogP contribution in [0.2, 0.25) is 0 Å². The van der Waals surface area contributed by atoms with Crippen molar-refractivity contribution in [3.63, 3.8) is 0 Å². The molecule has 0 radical (unpaired) electrons. The minimum Gasteiger partial charge on any atom is -0.485 e. The second kappa shape index (κ2) is 5.62. The lowest BCUT2D eigenvalue weighted by molar-refractivity contribution is 0.269. The first-order valence-corrected chi connectivity index (χ1v) is 9.86. The Hall–Kier alpha value is -3.26. The molecule has 2 heterocycles. The lowest BCUT2D eigenvalue weighted by Gasteiger charge is -2.20. The summed E-state index contributed by atoms with van der Waals surface area (Å²) in [5.41, 5.74) is 7.58. The molecule has 0 saturated heterocycles. The van der Waals surface area contributed by atoms with E-state index in [1.165, 1.54) is 44.2 Å². The van der Waals surface area contributed by atoms with Crippen LogP contribution in [-0.2, 0) is 0 Å². The number of rotatable bonds is 1. The van der Waals surface area contributed by atoms with Crippen molar-refractivity contribution < 1.29 is 4.74 Å². The van der Waals surface area contributed by atoms with Gasteiger partial charge in [-0.2, -0.15) is 0 Å². The first kappa shape index (κ1) is 15.8. The maximum Gasteiger partial charge on any atom is 0.128 e. The van der Waals surface area contributed by atoms with Crippen molar-refractivity contribution in [3.05, 3.63) is 95.6 Å². The topological polar surface area (TPSA) is 14.2 Å². The summed E-state index contributed by atoms with van der Waals surface area (Å²) in [6.45, 7) is 4.30. The van der Waals surface area contributed by atoms with Gasteiger partial charge in [-0.3, -0.25) is 0 Å². The standard InChI is InChI=1S/C26H21NO/c1-16-7-10-24-20(13-16)19-5-3-4-6-23(19)27(24)18-9-12-26-22(15-18)21-14-17(2)8-11-25(21)28-26/h3-15,22,26H,1-2H3.